The summed E-state index contributed by atoms with van der Waals surface area (Å²) in [4.78, 5) is 38.6. The second-order valence-corrected chi connectivity index (χ2v) is 9.84. The Balaban J connectivity index is 1.35. The van der Waals surface area contributed by atoms with Crippen LogP contribution in [0.1, 0.15) is 73.7 Å². The molecule has 7 nitrogen and oxygen atoms in total. The van der Waals surface area contributed by atoms with Crippen molar-refractivity contribution in [2.75, 3.05) is 5.32 Å². The number of imide groups is 1. The van der Waals surface area contributed by atoms with Crippen LogP contribution < -0.4 is 16.4 Å². The van der Waals surface area contributed by atoms with Crippen LogP contribution in [0.5, 0.6) is 0 Å². The number of rotatable bonds is 6. The number of anilines is 1. The summed E-state index contributed by atoms with van der Waals surface area (Å²) in [5, 5.41) is 6.20. The molecule has 0 bridgehead atoms. The Morgan fingerprint density at radius 1 is 1.06 bits per heavy atom. The Bertz CT molecular complexity index is 889. The number of carbonyl (C=O) groups is 3. The van der Waals surface area contributed by atoms with Gasteiger partial charge < -0.3 is 16.0 Å². The number of hydrogen-bond acceptors (Lipinski definition) is 5. The fourth-order valence-electron chi connectivity index (χ4n) is 5.55. The average molecular weight is 425 g/mol. The second kappa shape index (κ2) is 8.26. The lowest BCUT2D eigenvalue weighted by Gasteiger charge is -2.34. The molecule has 0 aromatic heterocycles. The molecule has 5 rings (SSSR count). The van der Waals surface area contributed by atoms with Gasteiger partial charge in [-0.05, 0) is 62.5 Å². The summed E-state index contributed by atoms with van der Waals surface area (Å²) in [6.07, 6.45) is 8.95. The van der Waals surface area contributed by atoms with Gasteiger partial charge in [-0.1, -0.05) is 18.9 Å². The predicted molar refractivity (Wildman–Crippen MR) is 117 cm³/mol. The standard InChI is InChI=1S/C24H32N4O3/c25-16-8-6-15(7-9-16)20(12-14-4-5-14)26-19-3-1-2-17-18(19)13-28(24(17)31)21-10-11-22(29)27-23(21)30/h1-3,14-16,20-21,26H,4-13,25H2,(H,27,29,30)/t15?,16?,20-,21-/m1/s1. The van der Waals surface area contributed by atoms with E-state index in [0.29, 0.717) is 36.5 Å². The summed E-state index contributed by atoms with van der Waals surface area (Å²) in [5.41, 5.74) is 8.81. The van der Waals surface area contributed by atoms with Gasteiger partial charge in [0.2, 0.25) is 11.8 Å². The van der Waals surface area contributed by atoms with Crippen LogP contribution in [-0.4, -0.2) is 40.7 Å². The van der Waals surface area contributed by atoms with Gasteiger partial charge in [0.05, 0.1) is 0 Å². The van der Waals surface area contributed by atoms with Crippen molar-refractivity contribution in [2.45, 2.75) is 82.5 Å². The molecule has 166 valence electrons. The van der Waals surface area contributed by atoms with Crippen LogP contribution in [0.3, 0.4) is 0 Å². The largest absolute Gasteiger partial charge is 0.382 e. The third-order valence-electron chi connectivity index (χ3n) is 7.59. The van der Waals surface area contributed by atoms with Crippen molar-refractivity contribution in [2.24, 2.45) is 17.6 Å². The van der Waals surface area contributed by atoms with E-state index >= 15 is 0 Å². The maximum atomic E-state index is 13.1. The van der Waals surface area contributed by atoms with Crippen LogP contribution in [0.25, 0.3) is 0 Å². The van der Waals surface area contributed by atoms with Gasteiger partial charge in [0.25, 0.3) is 5.91 Å². The smallest absolute Gasteiger partial charge is 0.255 e. The maximum absolute atomic E-state index is 13.1. The van der Waals surface area contributed by atoms with Gasteiger partial charge in [-0.3, -0.25) is 19.7 Å². The molecule has 7 heteroatoms. The van der Waals surface area contributed by atoms with Gasteiger partial charge in [-0.25, -0.2) is 0 Å². The van der Waals surface area contributed by atoms with Crippen molar-refractivity contribution in [3.8, 4) is 0 Å². The molecule has 2 heterocycles. The van der Waals surface area contributed by atoms with E-state index in [1.807, 2.05) is 12.1 Å². The minimum atomic E-state index is -0.576. The van der Waals surface area contributed by atoms with Crippen molar-refractivity contribution in [1.29, 1.82) is 0 Å². The molecule has 4 N–H and O–H groups in total. The molecule has 0 radical (unpaired) electrons. The molecular formula is C24H32N4O3. The maximum Gasteiger partial charge on any atom is 0.255 e. The molecule has 1 aromatic carbocycles. The first-order chi connectivity index (χ1) is 15.0. The zero-order valence-corrected chi connectivity index (χ0v) is 17.9. The zero-order valence-electron chi connectivity index (χ0n) is 17.9. The number of amides is 3. The Hall–Kier alpha value is -2.41. The van der Waals surface area contributed by atoms with Crippen molar-refractivity contribution in [1.82, 2.24) is 10.2 Å². The second-order valence-electron chi connectivity index (χ2n) is 9.84. The van der Waals surface area contributed by atoms with E-state index < -0.39 is 6.04 Å². The first kappa shape index (κ1) is 20.5. The summed E-state index contributed by atoms with van der Waals surface area (Å²) < 4.78 is 0. The molecule has 2 saturated carbocycles. The third-order valence-corrected chi connectivity index (χ3v) is 7.59. The van der Waals surface area contributed by atoms with Gasteiger partial charge in [0, 0.05) is 41.9 Å². The van der Waals surface area contributed by atoms with E-state index in [4.69, 9.17) is 5.73 Å². The number of nitrogens with zero attached hydrogens (tertiary/aromatic N) is 1. The van der Waals surface area contributed by atoms with Crippen LogP contribution in [0.15, 0.2) is 18.2 Å². The molecule has 2 aliphatic heterocycles. The van der Waals surface area contributed by atoms with Crippen molar-refractivity contribution < 1.29 is 14.4 Å². The summed E-state index contributed by atoms with van der Waals surface area (Å²) in [6.45, 7) is 0.412. The molecular weight excluding hydrogens is 392 g/mol. The molecule has 3 fully saturated rings. The number of piperidine rings is 1. The number of fused-ring (bicyclic) bond motifs is 1. The van der Waals surface area contributed by atoms with E-state index in [2.05, 4.69) is 16.7 Å². The summed E-state index contributed by atoms with van der Waals surface area (Å²) in [5.74, 6) is 0.682. The van der Waals surface area contributed by atoms with E-state index in [1.54, 1.807) is 4.90 Å². The van der Waals surface area contributed by atoms with E-state index in [-0.39, 0.29) is 24.1 Å². The molecule has 2 atom stereocenters. The first-order valence-electron chi connectivity index (χ1n) is 11.8. The Labute approximate surface area is 183 Å². The highest BCUT2D eigenvalue weighted by Gasteiger charge is 2.40. The lowest BCUT2D eigenvalue weighted by Crippen LogP contribution is -2.52. The molecule has 31 heavy (non-hydrogen) atoms. The van der Waals surface area contributed by atoms with Gasteiger partial charge in [0.1, 0.15) is 6.04 Å². The number of benzene rings is 1. The van der Waals surface area contributed by atoms with Crippen molar-refractivity contribution in [3.05, 3.63) is 29.3 Å². The van der Waals surface area contributed by atoms with E-state index in [1.165, 1.54) is 19.3 Å². The van der Waals surface area contributed by atoms with Gasteiger partial charge in [0.15, 0.2) is 0 Å². The van der Waals surface area contributed by atoms with Gasteiger partial charge >= 0.3 is 0 Å². The summed E-state index contributed by atoms with van der Waals surface area (Å²) in [7, 11) is 0. The van der Waals surface area contributed by atoms with Crippen LogP contribution in [0.4, 0.5) is 5.69 Å². The first-order valence-corrected chi connectivity index (χ1v) is 11.8. The molecule has 1 aromatic rings. The normalized spacial score (nSPS) is 29.5. The van der Waals surface area contributed by atoms with Gasteiger partial charge in [-0.2, -0.15) is 0 Å². The molecule has 1 saturated heterocycles. The topological polar surface area (TPSA) is 105 Å². The highest BCUT2D eigenvalue weighted by atomic mass is 16.2. The minimum absolute atomic E-state index is 0.115. The number of nitrogens with two attached hydrogens (primary N) is 1. The predicted octanol–water partition coefficient (Wildman–Crippen LogP) is 2.55. The van der Waals surface area contributed by atoms with Crippen LogP contribution >= 0.6 is 0 Å². The van der Waals surface area contributed by atoms with Crippen LogP contribution in [0.2, 0.25) is 0 Å². The summed E-state index contributed by atoms with van der Waals surface area (Å²) in [6, 6.07) is 5.99. The Kier molecular flexibility index (Phi) is 5.46. The molecule has 2 aliphatic carbocycles. The summed E-state index contributed by atoms with van der Waals surface area (Å²) >= 11 is 0. The average Bonchev–Trinajstić information content (AvgIpc) is 3.51. The number of carbonyl (C=O) groups excluding carboxylic acids is 3. The lowest BCUT2D eigenvalue weighted by atomic mass is 9.80. The highest BCUT2D eigenvalue weighted by molar-refractivity contribution is 6.06. The quantitative estimate of drug-likeness (QED) is 0.609. The van der Waals surface area contributed by atoms with Crippen molar-refractivity contribution >= 4 is 23.4 Å². The molecule has 4 aliphatic rings. The van der Waals surface area contributed by atoms with E-state index in [9.17, 15) is 14.4 Å². The Morgan fingerprint density at radius 2 is 1.84 bits per heavy atom. The zero-order chi connectivity index (χ0) is 21.5. The van der Waals surface area contributed by atoms with Crippen LogP contribution in [-0.2, 0) is 16.1 Å². The van der Waals surface area contributed by atoms with E-state index in [0.717, 1.165) is 42.9 Å². The minimum Gasteiger partial charge on any atom is -0.382 e. The number of nitrogens with one attached hydrogen (secondary N) is 2. The molecule has 0 unspecified atom stereocenters. The third kappa shape index (κ3) is 4.20. The molecule has 0 spiro atoms. The highest BCUT2D eigenvalue weighted by Crippen LogP contribution is 2.40. The fraction of sp³-hybridized carbons (Fsp3) is 0.625. The van der Waals surface area contributed by atoms with Crippen LogP contribution in [0, 0.1) is 11.8 Å². The molecule has 3 amide bonds. The monoisotopic (exact) mass is 424 g/mol. The van der Waals surface area contributed by atoms with Crippen molar-refractivity contribution in [3.63, 3.8) is 0 Å². The SMILES string of the molecule is NC1CCC([C@@H](CC2CC2)Nc2cccc3c2CN([C@@H]2CCC(=O)NC2=O)C3=O)CC1. The Morgan fingerprint density at radius 3 is 2.55 bits per heavy atom. The lowest BCUT2D eigenvalue weighted by molar-refractivity contribution is -0.136. The fourth-order valence-corrected chi connectivity index (χ4v) is 5.55. The van der Waals surface area contributed by atoms with Gasteiger partial charge in [-0.15, -0.1) is 0 Å². The number of hydrogen-bond donors (Lipinski definition) is 3.